The number of hydrogen-bond donors (Lipinski definition) is 0. The van der Waals surface area contributed by atoms with E-state index in [0.29, 0.717) is 0 Å². The zero-order valence-electron chi connectivity index (χ0n) is 14.6. The summed E-state index contributed by atoms with van der Waals surface area (Å²) in [5.74, 6) is 0. The maximum atomic E-state index is 3.62. The lowest BCUT2D eigenvalue weighted by atomic mass is 10.0. The fraction of sp³-hybridized carbons (Fsp3) is 0. The molecule has 0 N–H and O–H groups in total. The van der Waals surface area contributed by atoms with E-state index in [9.17, 15) is 0 Å². The average Bonchev–Trinajstić information content (AvgIpc) is 2.72. The average molecular weight is 413 g/mol. The van der Waals surface area contributed by atoms with Crippen LogP contribution in [0.5, 0.6) is 0 Å². The van der Waals surface area contributed by atoms with Gasteiger partial charge in [0.1, 0.15) is 0 Å². The molecule has 0 radical (unpaired) electrons. The van der Waals surface area contributed by atoms with Crippen molar-refractivity contribution in [1.29, 1.82) is 0 Å². The highest BCUT2D eigenvalue weighted by atomic mass is 79.9. The number of fused-ring (bicyclic) bond motifs is 2. The normalized spacial score (nSPS) is 12.5. The highest BCUT2D eigenvalue weighted by Gasteiger charge is 2.29. The molecule has 0 bridgehead atoms. The van der Waals surface area contributed by atoms with Crippen LogP contribution < -0.4 is 9.80 Å². The molecule has 0 saturated heterocycles. The zero-order valence-corrected chi connectivity index (χ0v) is 16.2. The number of rotatable bonds is 2. The second kappa shape index (κ2) is 6.60. The van der Waals surface area contributed by atoms with Gasteiger partial charge in [0.15, 0.2) is 0 Å². The molecular formula is C24H17BrN2. The van der Waals surface area contributed by atoms with Gasteiger partial charge < -0.3 is 9.80 Å². The lowest BCUT2D eigenvalue weighted by molar-refractivity contribution is 1.17. The lowest BCUT2D eigenvalue weighted by Crippen LogP contribution is -2.23. The fourth-order valence-corrected chi connectivity index (χ4v) is 4.08. The van der Waals surface area contributed by atoms with Crippen LogP contribution in [0.2, 0.25) is 0 Å². The first-order valence-electron chi connectivity index (χ1n) is 8.92. The summed E-state index contributed by atoms with van der Waals surface area (Å²) in [4.78, 5) is 4.66. The van der Waals surface area contributed by atoms with E-state index in [1.807, 2.05) is 0 Å². The Labute approximate surface area is 167 Å². The van der Waals surface area contributed by atoms with E-state index in [0.717, 1.165) is 27.2 Å². The summed E-state index contributed by atoms with van der Waals surface area (Å²) in [6.07, 6.45) is 0. The summed E-state index contributed by atoms with van der Waals surface area (Å²) >= 11 is 3.62. The smallest absolute Gasteiger partial charge is 0.0703 e. The first-order chi connectivity index (χ1) is 13.3. The Bertz CT molecular complexity index is 1060. The molecule has 0 atom stereocenters. The van der Waals surface area contributed by atoms with Crippen molar-refractivity contribution in [3.63, 3.8) is 0 Å². The number of anilines is 6. The Morgan fingerprint density at radius 2 is 0.889 bits per heavy atom. The molecular weight excluding hydrogens is 396 g/mol. The first kappa shape index (κ1) is 16.2. The molecule has 1 aliphatic rings. The van der Waals surface area contributed by atoms with Crippen molar-refractivity contribution in [2.45, 2.75) is 0 Å². The van der Waals surface area contributed by atoms with E-state index in [1.165, 1.54) is 11.4 Å². The van der Waals surface area contributed by atoms with Gasteiger partial charge in [0.2, 0.25) is 0 Å². The highest BCUT2D eigenvalue weighted by molar-refractivity contribution is 9.10. The van der Waals surface area contributed by atoms with Gasteiger partial charge in [0.25, 0.3) is 0 Å². The summed E-state index contributed by atoms with van der Waals surface area (Å²) in [6.45, 7) is 0. The first-order valence-corrected chi connectivity index (χ1v) is 9.71. The third-order valence-corrected chi connectivity index (χ3v) is 5.30. The molecule has 0 spiro atoms. The maximum absolute atomic E-state index is 3.62. The second-order valence-corrected chi connectivity index (χ2v) is 7.38. The van der Waals surface area contributed by atoms with Gasteiger partial charge in [-0.05, 0) is 54.6 Å². The van der Waals surface area contributed by atoms with Gasteiger partial charge in [-0.2, -0.15) is 0 Å². The van der Waals surface area contributed by atoms with Crippen molar-refractivity contribution in [2.24, 2.45) is 0 Å². The Morgan fingerprint density at radius 3 is 1.41 bits per heavy atom. The molecule has 1 aliphatic heterocycles. The maximum Gasteiger partial charge on any atom is 0.0703 e. The molecule has 0 unspecified atom stereocenters. The van der Waals surface area contributed by atoms with E-state index in [4.69, 9.17) is 0 Å². The van der Waals surface area contributed by atoms with Crippen LogP contribution in [-0.2, 0) is 0 Å². The van der Waals surface area contributed by atoms with E-state index in [2.05, 4.69) is 129 Å². The zero-order chi connectivity index (χ0) is 18.2. The van der Waals surface area contributed by atoms with Crippen LogP contribution in [0.25, 0.3) is 0 Å². The van der Waals surface area contributed by atoms with Crippen LogP contribution in [0, 0.1) is 0 Å². The van der Waals surface area contributed by atoms with Crippen molar-refractivity contribution in [3.8, 4) is 0 Å². The predicted octanol–water partition coefficient (Wildman–Crippen LogP) is 7.70. The molecule has 0 saturated carbocycles. The number of nitrogens with zero attached hydrogens (tertiary/aromatic N) is 2. The minimum absolute atomic E-state index is 1.07. The van der Waals surface area contributed by atoms with Crippen molar-refractivity contribution in [2.75, 3.05) is 9.80 Å². The molecule has 0 fully saturated rings. The minimum Gasteiger partial charge on any atom is -0.306 e. The third-order valence-electron chi connectivity index (χ3n) is 4.81. The van der Waals surface area contributed by atoms with Crippen molar-refractivity contribution < 1.29 is 0 Å². The number of para-hydroxylation sites is 5. The highest BCUT2D eigenvalue weighted by Crippen LogP contribution is 2.53. The molecule has 4 aromatic rings. The Balaban J connectivity index is 1.80. The van der Waals surface area contributed by atoms with E-state index in [-0.39, 0.29) is 0 Å². The van der Waals surface area contributed by atoms with Crippen molar-refractivity contribution >= 4 is 50.1 Å². The Kier molecular flexibility index (Phi) is 3.95. The van der Waals surface area contributed by atoms with Gasteiger partial charge in [-0.1, -0.05) is 64.5 Å². The van der Waals surface area contributed by atoms with Crippen LogP contribution >= 0.6 is 15.9 Å². The molecule has 130 valence electrons. The molecule has 2 nitrogen and oxygen atoms in total. The van der Waals surface area contributed by atoms with Gasteiger partial charge in [-0.25, -0.2) is 0 Å². The topological polar surface area (TPSA) is 6.48 Å². The molecule has 0 aliphatic carbocycles. The minimum atomic E-state index is 1.07. The molecule has 27 heavy (non-hydrogen) atoms. The number of halogens is 1. The third kappa shape index (κ3) is 2.71. The summed E-state index contributed by atoms with van der Waals surface area (Å²) in [6, 6.07) is 36.1. The standard InChI is InChI=1S/C24H17BrN2/c25-18-9-8-12-20(17-18)27-23-15-6-4-13-21(23)26(19-10-2-1-3-11-19)22-14-5-7-16-24(22)27/h1-17H. The van der Waals surface area contributed by atoms with Crippen LogP contribution in [0.15, 0.2) is 108 Å². The quantitative estimate of drug-likeness (QED) is 0.293. The van der Waals surface area contributed by atoms with Crippen LogP contribution in [0.1, 0.15) is 0 Å². The molecule has 3 heteroatoms. The molecule has 0 amide bonds. The van der Waals surface area contributed by atoms with Crippen molar-refractivity contribution in [1.82, 2.24) is 0 Å². The number of benzene rings is 4. The Morgan fingerprint density at radius 1 is 0.444 bits per heavy atom. The van der Waals surface area contributed by atoms with E-state index >= 15 is 0 Å². The van der Waals surface area contributed by atoms with Gasteiger partial charge in [-0.15, -0.1) is 0 Å². The fourth-order valence-electron chi connectivity index (χ4n) is 3.69. The van der Waals surface area contributed by atoms with Crippen molar-refractivity contribution in [3.05, 3.63) is 108 Å². The van der Waals surface area contributed by atoms with E-state index < -0.39 is 0 Å². The molecule has 1 heterocycles. The number of hydrogen-bond acceptors (Lipinski definition) is 2. The summed E-state index contributed by atoms with van der Waals surface area (Å²) < 4.78 is 1.07. The van der Waals surface area contributed by atoms with Crippen LogP contribution in [0.3, 0.4) is 0 Å². The van der Waals surface area contributed by atoms with Gasteiger partial charge in [-0.3, -0.25) is 0 Å². The predicted molar refractivity (Wildman–Crippen MR) is 117 cm³/mol. The SMILES string of the molecule is Brc1cccc(N2c3ccccc3N(c3ccccc3)c3ccccc32)c1. The molecule has 0 aromatic heterocycles. The van der Waals surface area contributed by atoms with Gasteiger partial charge >= 0.3 is 0 Å². The largest absolute Gasteiger partial charge is 0.306 e. The molecule has 5 rings (SSSR count). The van der Waals surface area contributed by atoms with Gasteiger partial charge in [0.05, 0.1) is 22.7 Å². The summed E-state index contributed by atoms with van der Waals surface area (Å²) in [5, 5.41) is 0. The Hall–Kier alpha value is -3.04. The lowest BCUT2D eigenvalue weighted by Gasteiger charge is -2.40. The van der Waals surface area contributed by atoms with Gasteiger partial charge in [0, 0.05) is 15.8 Å². The monoisotopic (exact) mass is 412 g/mol. The molecule has 4 aromatic carbocycles. The van der Waals surface area contributed by atoms with Crippen LogP contribution in [-0.4, -0.2) is 0 Å². The van der Waals surface area contributed by atoms with Crippen LogP contribution in [0.4, 0.5) is 34.1 Å². The summed E-state index contributed by atoms with van der Waals surface area (Å²) in [5.41, 5.74) is 6.96. The van der Waals surface area contributed by atoms with E-state index in [1.54, 1.807) is 0 Å². The second-order valence-electron chi connectivity index (χ2n) is 6.46. The summed E-state index contributed by atoms with van der Waals surface area (Å²) in [7, 11) is 0.